The average Bonchev–Trinajstić information content (AvgIpc) is 2.98. The molecule has 0 unspecified atom stereocenters. The molecule has 2 aromatic heterocycles. The van der Waals surface area contributed by atoms with Crippen LogP contribution in [0.2, 0.25) is 5.02 Å². The van der Waals surface area contributed by atoms with Crippen LogP contribution in [0.25, 0.3) is 10.8 Å². The van der Waals surface area contributed by atoms with Gasteiger partial charge < -0.3 is 4.57 Å². The van der Waals surface area contributed by atoms with Crippen molar-refractivity contribution in [3.8, 4) is 0 Å². The van der Waals surface area contributed by atoms with Crippen molar-refractivity contribution in [2.45, 2.75) is 26.9 Å². The van der Waals surface area contributed by atoms with E-state index < -0.39 is 0 Å². The monoisotopic (exact) mass is 389 g/mol. The molecule has 3 nitrogen and oxygen atoms in total. The molecule has 0 bridgehead atoms. The third-order valence-electron chi connectivity index (χ3n) is 5.23. The van der Waals surface area contributed by atoms with E-state index in [4.69, 9.17) is 11.6 Å². The van der Waals surface area contributed by atoms with Crippen molar-refractivity contribution in [1.29, 1.82) is 0 Å². The maximum absolute atomic E-state index is 13.0. The number of hydrogen-bond acceptors (Lipinski definition) is 1. The van der Waals surface area contributed by atoms with E-state index in [1.165, 1.54) is 5.39 Å². The summed E-state index contributed by atoms with van der Waals surface area (Å²) in [5.41, 5.74) is 3.85. The van der Waals surface area contributed by atoms with Gasteiger partial charge in [0, 0.05) is 40.0 Å². The van der Waals surface area contributed by atoms with Crippen molar-refractivity contribution < 1.29 is 9.36 Å². The number of benzene rings is 2. The minimum atomic E-state index is 0.110. The summed E-state index contributed by atoms with van der Waals surface area (Å²) in [4.78, 5) is 13.0. The van der Waals surface area contributed by atoms with Crippen LogP contribution in [0.15, 0.2) is 73.1 Å². The second kappa shape index (κ2) is 7.61. The molecule has 0 aliphatic carbocycles. The molecular weight excluding hydrogens is 368 g/mol. The first-order chi connectivity index (χ1) is 13.5. The van der Waals surface area contributed by atoms with E-state index >= 15 is 0 Å². The molecule has 4 rings (SSSR count). The summed E-state index contributed by atoms with van der Waals surface area (Å²) < 4.78 is 4.10. The Kier molecular flexibility index (Phi) is 5.01. The number of rotatable bonds is 5. The summed E-state index contributed by atoms with van der Waals surface area (Å²) >= 11 is 6.32. The maximum Gasteiger partial charge on any atom is 0.229 e. The molecule has 0 aliphatic rings. The van der Waals surface area contributed by atoms with Crippen LogP contribution in [0.3, 0.4) is 0 Å². The second-order valence-electron chi connectivity index (χ2n) is 7.13. The van der Waals surface area contributed by atoms with E-state index in [-0.39, 0.29) is 5.78 Å². The number of ketones is 1. The van der Waals surface area contributed by atoms with Gasteiger partial charge in [-0.3, -0.25) is 4.79 Å². The highest BCUT2D eigenvalue weighted by Gasteiger charge is 2.19. The summed E-state index contributed by atoms with van der Waals surface area (Å²) in [7, 11) is 0. The molecule has 0 amide bonds. The molecule has 0 N–H and O–H groups in total. The lowest BCUT2D eigenvalue weighted by molar-refractivity contribution is -0.681. The van der Waals surface area contributed by atoms with Crippen LogP contribution >= 0.6 is 11.6 Å². The molecule has 140 valence electrons. The van der Waals surface area contributed by atoms with Gasteiger partial charge in [-0.25, -0.2) is 0 Å². The Hall–Kier alpha value is -2.91. The number of carbonyl (C=O) groups excluding carboxylic acids is 1. The van der Waals surface area contributed by atoms with Crippen LogP contribution in [0.1, 0.15) is 27.3 Å². The Morgan fingerprint density at radius 3 is 2.50 bits per heavy atom. The van der Waals surface area contributed by atoms with Gasteiger partial charge in [0.05, 0.1) is 0 Å². The normalized spacial score (nSPS) is 11.1. The van der Waals surface area contributed by atoms with Gasteiger partial charge in [-0.15, -0.1) is 0 Å². The van der Waals surface area contributed by atoms with Gasteiger partial charge in [0.15, 0.2) is 12.4 Å². The molecule has 0 radical (unpaired) electrons. The van der Waals surface area contributed by atoms with Crippen LogP contribution in [-0.2, 0) is 13.1 Å². The lowest BCUT2D eigenvalue weighted by Gasteiger charge is -2.11. The highest BCUT2D eigenvalue weighted by Crippen LogP contribution is 2.21. The molecule has 0 aliphatic heterocycles. The Bertz CT molecular complexity index is 1180. The number of fused-ring (bicyclic) bond motifs is 1. The minimum absolute atomic E-state index is 0.110. The van der Waals surface area contributed by atoms with Crippen molar-refractivity contribution in [3.63, 3.8) is 0 Å². The van der Waals surface area contributed by atoms with Crippen molar-refractivity contribution in [1.82, 2.24) is 4.57 Å². The standard InChI is InChI=1S/C24H22ClN2O/c1-17-13-22(18(2)27(17)15-21-9-5-6-10-23(21)25)24(28)16-26-12-11-19-7-3-4-8-20(19)14-26/h3-14H,15-16H2,1-2H3/q+1. The molecule has 4 aromatic rings. The Balaban J connectivity index is 1.60. The number of halogens is 1. The van der Waals surface area contributed by atoms with E-state index in [2.05, 4.69) is 16.7 Å². The fourth-order valence-corrected chi connectivity index (χ4v) is 3.85. The molecule has 0 spiro atoms. The highest BCUT2D eigenvalue weighted by molar-refractivity contribution is 6.31. The van der Waals surface area contributed by atoms with Gasteiger partial charge in [-0.1, -0.05) is 48.0 Å². The zero-order valence-corrected chi connectivity index (χ0v) is 16.8. The van der Waals surface area contributed by atoms with Gasteiger partial charge in [-0.2, -0.15) is 4.57 Å². The zero-order valence-electron chi connectivity index (χ0n) is 16.0. The Morgan fingerprint density at radius 1 is 1.00 bits per heavy atom. The van der Waals surface area contributed by atoms with Crippen LogP contribution in [0.4, 0.5) is 0 Å². The number of Topliss-reactive ketones (excluding diaryl/α,β-unsaturated/α-hetero) is 1. The first kappa shape index (κ1) is 18.5. The predicted octanol–water partition coefficient (Wildman–Crippen LogP) is 5.13. The third-order valence-corrected chi connectivity index (χ3v) is 5.60. The zero-order chi connectivity index (χ0) is 19.7. The van der Waals surface area contributed by atoms with Crippen LogP contribution in [0, 0.1) is 13.8 Å². The second-order valence-corrected chi connectivity index (χ2v) is 7.54. The molecule has 28 heavy (non-hydrogen) atoms. The van der Waals surface area contributed by atoms with Crippen molar-refractivity contribution >= 4 is 28.2 Å². The molecule has 2 heterocycles. The van der Waals surface area contributed by atoms with Crippen molar-refractivity contribution in [2.75, 3.05) is 0 Å². The molecular formula is C24H22ClN2O+. The van der Waals surface area contributed by atoms with E-state index in [9.17, 15) is 4.79 Å². The summed E-state index contributed by atoms with van der Waals surface area (Å²) in [6.45, 7) is 5.01. The number of aryl methyl sites for hydroxylation is 1. The van der Waals surface area contributed by atoms with E-state index in [1.807, 2.05) is 79.3 Å². The van der Waals surface area contributed by atoms with Crippen molar-refractivity contribution in [2.24, 2.45) is 0 Å². The van der Waals surface area contributed by atoms with Crippen LogP contribution < -0.4 is 4.57 Å². The lowest BCUT2D eigenvalue weighted by atomic mass is 10.1. The first-order valence-electron chi connectivity index (χ1n) is 9.34. The molecule has 0 saturated heterocycles. The quantitative estimate of drug-likeness (QED) is 0.343. The summed E-state index contributed by atoms with van der Waals surface area (Å²) in [6, 6.07) is 20.0. The number of nitrogens with zero attached hydrogens (tertiary/aromatic N) is 2. The summed E-state index contributed by atoms with van der Waals surface area (Å²) in [5, 5.41) is 3.04. The number of hydrogen-bond donors (Lipinski definition) is 0. The lowest BCUT2D eigenvalue weighted by Crippen LogP contribution is -2.37. The number of carbonyl (C=O) groups is 1. The van der Waals surface area contributed by atoms with Gasteiger partial charge in [0.2, 0.25) is 12.3 Å². The van der Waals surface area contributed by atoms with Crippen molar-refractivity contribution in [3.05, 3.63) is 101 Å². The molecule has 4 heteroatoms. The SMILES string of the molecule is Cc1cc(C(=O)C[n+]2ccc3ccccc3c2)c(C)n1Cc1ccccc1Cl. The Morgan fingerprint density at radius 2 is 1.71 bits per heavy atom. The average molecular weight is 390 g/mol. The highest BCUT2D eigenvalue weighted by atomic mass is 35.5. The smallest absolute Gasteiger partial charge is 0.229 e. The number of aromatic nitrogens is 2. The first-order valence-corrected chi connectivity index (χ1v) is 9.72. The third kappa shape index (κ3) is 3.58. The fraction of sp³-hybridized carbons (Fsp3) is 0.167. The predicted molar refractivity (Wildman–Crippen MR) is 113 cm³/mol. The fourth-order valence-electron chi connectivity index (χ4n) is 3.65. The van der Waals surface area contributed by atoms with Gasteiger partial charge in [0.25, 0.3) is 0 Å². The van der Waals surface area contributed by atoms with E-state index in [1.54, 1.807) is 0 Å². The molecule has 0 atom stereocenters. The van der Waals surface area contributed by atoms with Gasteiger partial charge in [-0.05, 0) is 43.0 Å². The van der Waals surface area contributed by atoms with E-state index in [0.717, 1.165) is 32.9 Å². The summed E-state index contributed by atoms with van der Waals surface area (Å²) in [6.07, 6.45) is 3.99. The molecule has 0 fully saturated rings. The largest absolute Gasteiger partial charge is 0.344 e. The maximum atomic E-state index is 13.0. The Labute approximate surface area is 169 Å². The topological polar surface area (TPSA) is 25.9 Å². The van der Waals surface area contributed by atoms with Crippen LogP contribution in [-0.4, -0.2) is 10.4 Å². The molecule has 0 saturated carbocycles. The number of pyridine rings is 1. The molecule has 2 aromatic carbocycles. The van der Waals surface area contributed by atoms with Gasteiger partial charge >= 0.3 is 0 Å². The van der Waals surface area contributed by atoms with Crippen LogP contribution in [0.5, 0.6) is 0 Å². The minimum Gasteiger partial charge on any atom is -0.344 e. The van der Waals surface area contributed by atoms with Gasteiger partial charge in [0.1, 0.15) is 0 Å². The van der Waals surface area contributed by atoms with E-state index in [0.29, 0.717) is 13.1 Å². The summed E-state index contributed by atoms with van der Waals surface area (Å²) in [5.74, 6) is 0.110.